The van der Waals surface area contributed by atoms with Gasteiger partial charge in [-0.05, 0) is 25.5 Å². The van der Waals surface area contributed by atoms with E-state index < -0.39 is 27.1 Å². The molecule has 1 heterocycles. The number of carbonyl (C=O) groups is 1. The molecule has 1 atom stereocenters. The van der Waals surface area contributed by atoms with Crippen molar-refractivity contribution in [2.24, 2.45) is 0 Å². The highest BCUT2D eigenvalue weighted by Crippen LogP contribution is 2.24. The molecule has 2 rings (SSSR count). The van der Waals surface area contributed by atoms with Gasteiger partial charge < -0.3 is 5.32 Å². The number of carbonyl (C=O) groups excluding carboxylic acids is 1. The molecule has 0 saturated carbocycles. The van der Waals surface area contributed by atoms with Gasteiger partial charge >= 0.3 is 0 Å². The predicted octanol–water partition coefficient (Wildman–Crippen LogP) is 1.72. The smallest absolute Gasteiger partial charge is 0.225 e. The first-order chi connectivity index (χ1) is 9.21. The second-order valence-electron chi connectivity index (χ2n) is 5.33. The normalized spacial score (nSPS) is 24.6. The monoisotopic (exact) mass is 319 g/mol. The first kappa shape index (κ1) is 15.3. The average molecular weight is 320 g/mol. The van der Waals surface area contributed by atoms with Crippen molar-refractivity contribution in [3.05, 3.63) is 34.6 Å². The van der Waals surface area contributed by atoms with Gasteiger partial charge in [-0.15, -0.1) is 0 Å². The highest BCUT2D eigenvalue weighted by atomic mass is 35.5. The summed E-state index contributed by atoms with van der Waals surface area (Å²) in [6.45, 7) is 1.68. The summed E-state index contributed by atoms with van der Waals surface area (Å²) in [5, 5.41) is 2.85. The lowest BCUT2D eigenvalue weighted by Crippen LogP contribution is -2.47. The zero-order valence-electron chi connectivity index (χ0n) is 10.9. The average Bonchev–Trinajstić information content (AvgIpc) is 2.58. The van der Waals surface area contributed by atoms with Gasteiger partial charge in [0.25, 0.3) is 0 Å². The summed E-state index contributed by atoms with van der Waals surface area (Å²) in [5.41, 5.74) is -0.663. The van der Waals surface area contributed by atoms with E-state index in [1.165, 1.54) is 18.2 Å². The SMILES string of the molecule is C[C@@]1(NC(=O)Cc2c(F)cccc2Cl)CCS(=O)(=O)C1. The second-order valence-corrected chi connectivity index (χ2v) is 7.92. The van der Waals surface area contributed by atoms with Gasteiger partial charge in [0.2, 0.25) is 5.91 Å². The largest absolute Gasteiger partial charge is 0.350 e. The van der Waals surface area contributed by atoms with E-state index in [2.05, 4.69) is 5.32 Å². The fourth-order valence-electron chi connectivity index (χ4n) is 2.35. The summed E-state index contributed by atoms with van der Waals surface area (Å²) in [6, 6.07) is 4.20. The van der Waals surface area contributed by atoms with Crippen molar-refractivity contribution in [1.29, 1.82) is 0 Å². The van der Waals surface area contributed by atoms with Gasteiger partial charge in [-0.25, -0.2) is 12.8 Å². The van der Waals surface area contributed by atoms with Crippen molar-refractivity contribution < 1.29 is 17.6 Å². The molecule has 20 heavy (non-hydrogen) atoms. The van der Waals surface area contributed by atoms with E-state index in [9.17, 15) is 17.6 Å². The van der Waals surface area contributed by atoms with Gasteiger partial charge in [-0.3, -0.25) is 4.79 Å². The van der Waals surface area contributed by atoms with Crippen molar-refractivity contribution in [3.63, 3.8) is 0 Å². The number of hydrogen-bond acceptors (Lipinski definition) is 3. The maximum atomic E-state index is 13.6. The highest BCUT2D eigenvalue weighted by molar-refractivity contribution is 7.91. The topological polar surface area (TPSA) is 63.2 Å². The van der Waals surface area contributed by atoms with E-state index in [1.807, 2.05) is 0 Å². The van der Waals surface area contributed by atoms with Crippen molar-refractivity contribution in [1.82, 2.24) is 5.32 Å². The minimum absolute atomic E-state index is 0.0598. The summed E-state index contributed by atoms with van der Waals surface area (Å²) in [5.74, 6) is -1.01. The molecule has 0 aliphatic carbocycles. The van der Waals surface area contributed by atoms with E-state index in [0.29, 0.717) is 6.42 Å². The Balaban J connectivity index is 2.07. The van der Waals surface area contributed by atoms with Crippen LogP contribution in [0.3, 0.4) is 0 Å². The van der Waals surface area contributed by atoms with Crippen LogP contribution in [-0.4, -0.2) is 31.4 Å². The van der Waals surface area contributed by atoms with Crippen LogP contribution in [0.1, 0.15) is 18.9 Å². The van der Waals surface area contributed by atoms with Crippen LogP contribution in [0.5, 0.6) is 0 Å². The van der Waals surface area contributed by atoms with Gasteiger partial charge in [0.05, 0.1) is 23.5 Å². The summed E-state index contributed by atoms with van der Waals surface area (Å²) in [6.07, 6.45) is 0.160. The van der Waals surface area contributed by atoms with Crippen LogP contribution in [0.25, 0.3) is 0 Å². The van der Waals surface area contributed by atoms with Crippen LogP contribution < -0.4 is 5.32 Å². The summed E-state index contributed by atoms with van der Waals surface area (Å²) >= 11 is 5.85. The molecule has 1 amide bonds. The first-order valence-corrected chi connectivity index (χ1v) is 8.35. The molecule has 1 N–H and O–H groups in total. The number of sulfone groups is 1. The van der Waals surface area contributed by atoms with E-state index in [-0.39, 0.29) is 28.5 Å². The van der Waals surface area contributed by atoms with Crippen molar-refractivity contribution in [2.45, 2.75) is 25.3 Å². The maximum absolute atomic E-state index is 13.6. The molecule has 110 valence electrons. The van der Waals surface area contributed by atoms with Crippen LogP contribution >= 0.6 is 11.6 Å². The Labute approximate surface area is 122 Å². The van der Waals surface area contributed by atoms with Gasteiger partial charge in [-0.2, -0.15) is 0 Å². The third-order valence-corrected chi connectivity index (χ3v) is 5.60. The van der Waals surface area contributed by atoms with Gasteiger partial charge in [0.1, 0.15) is 5.82 Å². The molecule has 0 unspecified atom stereocenters. The molecule has 0 aromatic heterocycles. The lowest BCUT2D eigenvalue weighted by molar-refractivity contribution is -0.122. The Morgan fingerprint density at radius 2 is 2.20 bits per heavy atom. The van der Waals surface area contributed by atoms with E-state index in [0.717, 1.165) is 0 Å². The molecule has 0 bridgehead atoms. The Kier molecular flexibility index (Phi) is 4.07. The van der Waals surface area contributed by atoms with Gasteiger partial charge in [-0.1, -0.05) is 17.7 Å². The zero-order chi connectivity index (χ0) is 15.0. The fraction of sp³-hybridized carbons (Fsp3) is 0.462. The Hall–Kier alpha value is -1.14. The zero-order valence-corrected chi connectivity index (χ0v) is 12.5. The Morgan fingerprint density at radius 1 is 1.50 bits per heavy atom. The fourth-order valence-corrected chi connectivity index (χ4v) is 4.67. The van der Waals surface area contributed by atoms with E-state index in [4.69, 9.17) is 11.6 Å². The van der Waals surface area contributed by atoms with Gasteiger partial charge in [0.15, 0.2) is 9.84 Å². The van der Waals surface area contributed by atoms with Crippen molar-refractivity contribution >= 4 is 27.3 Å². The lowest BCUT2D eigenvalue weighted by atomic mass is 10.0. The second kappa shape index (κ2) is 5.33. The number of nitrogens with one attached hydrogen (secondary N) is 1. The van der Waals surface area contributed by atoms with Crippen molar-refractivity contribution in [3.8, 4) is 0 Å². The van der Waals surface area contributed by atoms with E-state index >= 15 is 0 Å². The Morgan fingerprint density at radius 3 is 2.75 bits per heavy atom. The van der Waals surface area contributed by atoms with Crippen LogP contribution in [0.15, 0.2) is 18.2 Å². The number of hydrogen-bond donors (Lipinski definition) is 1. The summed E-state index contributed by atoms with van der Waals surface area (Å²) < 4.78 is 36.5. The number of amides is 1. The molecular formula is C13H15ClFNO3S. The molecule has 1 aromatic rings. The summed E-state index contributed by atoms with van der Waals surface area (Å²) in [4.78, 5) is 12.0. The minimum Gasteiger partial charge on any atom is -0.350 e. The molecule has 4 nitrogen and oxygen atoms in total. The molecule has 0 radical (unpaired) electrons. The van der Waals surface area contributed by atoms with Crippen LogP contribution in [0.4, 0.5) is 4.39 Å². The third-order valence-electron chi connectivity index (χ3n) is 3.34. The minimum atomic E-state index is -3.10. The van der Waals surface area contributed by atoms with Crippen LogP contribution in [0, 0.1) is 5.82 Å². The molecule has 7 heteroatoms. The first-order valence-electron chi connectivity index (χ1n) is 6.15. The molecule has 1 fully saturated rings. The molecule has 1 aliphatic heterocycles. The summed E-state index contributed by atoms with van der Waals surface area (Å²) in [7, 11) is -3.10. The van der Waals surface area contributed by atoms with Crippen LogP contribution in [-0.2, 0) is 21.1 Å². The van der Waals surface area contributed by atoms with E-state index in [1.54, 1.807) is 6.92 Å². The van der Waals surface area contributed by atoms with Gasteiger partial charge in [0, 0.05) is 10.6 Å². The molecular weight excluding hydrogens is 305 g/mol. The van der Waals surface area contributed by atoms with Crippen molar-refractivity contribution in [2.75, 3.05) is 11.5 Å². The molecule has 0 spiro atoms. The number of halogens is 2. The Bertz CT molecular complexity index is 627. The maximum Gasteiger partial charge on any atom is 0.225 e. The molecule has 1 aliphatic rings. The number of benzene rings is 1. The lowest BCUT2D eigenvalue weighted by Gasteiger charge is -2.24. The predicted molar refractivity (Wildman–Crippen MR) is 74.9 cm³/mol. The standard InChI is InChI=1S/C13H15ClFNO3S/c1-13(5-6-20(18,19)8-13)16-12(17)7-9-10(14)3-2-4-11(9)15/h2-4H,5-8H2,1H3,(H,16,17)/t13-/m1/s1. The third kappa shape index (κ3) is 3.49. The van der Waals surface area contributed by atoms with Crippen LogP contribution in [0.2, 0.25) is 5.02 Å². The highest BCUT2D eigenvalue weighted by Gasteiger charge is 2.39. The molecule has 1 saturated heterocycles. The molecule has 1 aromatic carbocycles. The quantitative estimate of drug-likeness (QED) is 0.922. The number of rotatable bonds is 3.